The van der Waals surface area contributed by atoms with Crippen molar-refractivity contribution in [3.8, 4) is 11.5 Å². The number of rotatable bonds is 7. The van der Waals surface area contributed by atoms with Gasteiger partial charge in [0.05, 0.1) is 14.2 Å². The van der Waals surface area contributed by atoms with E-state index in [1.807, 2.05) is 0 Å². The van der Waals surface area contributed by atoms with Crippen molar-refractivity contribution in [3.63, 3.8) is 0 Å². The van der Waals surface area contributed by atoms with Gasteiger partial charge in [0.2, 0.25) is 10.0 Å². The summed E-state index contributed by atoms with van der Waals surface area (Å²) in [6.45, 7) is 5.02. The lowest BCUT2D eigenvalue weighted by molar-refractivity contribution is 0.266. The Bertz CT molecular complexity index is 588. The third-order valence-corrected chi connectivity index (χ3v) is 6.20. The second-order valence-electron chi connectivity index (χ2n) is 5.65. The smallest absolute Gasteiger partial charge is 0.250 e. The first-order chi connectivity index (χ1) is 11.0. The molecule has 1 heterocycles. The topological polar surface area (TPSA) is 67.9 Å². The van der Waals surface area contributed by atoms with Gasteiger partial charge in [-0.2, -0.15) is 4.31 Å². The average Bonchev–Trinajstić information content (AvgIpc) is 2.59. The largest absolute Gasteiger partial charge is 0.495 e. The fourth-order valence-electron chi connectivity index (χ4n) is 2.90. The van der Waals surface area contributed by atoms with E-state index >= 15 is 0 Å². The van der Waals surface area contributed by atoms with Gasteiger partial charge in [-0.05, 0) is 44.0 Å². The molecule has 1 aliphatic heterocycles. The van der Waals surface area contributed by atoms with E-state index < -0.39 is 10.0 Å². The predicted octanol–water partition coefficient (Wildman–Crippen LogP) is 1.71. The van der Waals surface area contributed by atoms with E-state index in [-0.39, 0.29) is 4.90 Å². The Labute approximate surface area is 138 Å². The van der Waals surface area contributed by atoms with Gasteiger partial charge < -0.3 is 14.8 Å². The molecule has 0 amide bonds. The van der Waals surface area contributed by atoms with Crippen molar-refractivity contribution in [1.82, 2.24) is 9.62 Å². The summed E-state index contributed by atoms with van der Waals surface area (Å²) in [6.07, 6.45) is 1.73. The van der Waals surface area contributed by atoms with Crippen molar-refractivity contribution in [2.24, 2.45) is 5.92 Å². The van der Waals surface area contributed by atoms with E-state index in [4.69, 9.17) is 9.47 Å². The lowest BCUT2D eigenvalue weighted by atomic mass is 9.98. The second-order valence-corrected chi connectivity index (χ2v) is 7.52. The molecule has 130 valence electrons. The van der Waals surface area contributed by atoms with Crippen LogP contribution in [0.2, 0.25) is 0 Å². The molecule has 1 aromatic carbocycles. The summed E-state index contributed by atoms with van der Waals surface area (Å²) in [5.74, 6) is 1.17. The van der Waals surface area contributed by atoms with Crippen LogP contribution in [0.3, 0.4) is 0 Å². The third kappa shape index (κ3) is 3.97. The fraction of sp³-hybridized carbons (Fsp3) is 0.625. The molecular formula is C16H26N2O4S. The number of nitrogens with zero attached hydrogens (tertiary/aromatic N) is 1. The summed E-state index contributed by atoms with van der Waals surface area (Å²) in [4.78, 5) is 0.120. The van der Waals surface area contributed by atoms with Crippen LogP contribution < -0.4 is 14.8 Å². The van der Waals surface area contributed by atoms with Gasteiger partial charge in [0.25, 0.3) is 0 Å². The molecule has 1 fully saturated rings. The lowest BCUT2D eigenvalue weighted by Crippen LogP contribution is -2.40. The molecule has 0 bridgehead atoms. The van der Waals surface area contributed by atoms with Gasteiger partial charge in [0.15, 0.2) is 4.90 Å². The van der Waals surface area contributed by atoms with Crippen molar-refractivity contribution >= 4 is 10.0 Å². The Kier molecular flexibility index (Phi) is 6.26. The zero-order chi connectivity index (χ0) is 16.9. The first-order valence-corrected chi connectivity index (χ1v) is 9.40. The van der Waals surface area contributed by atoms with Gasteiger partial charge in [-0.25, -0.2) is 8.42 Å². The Morgan fingerprint density at radius 1 is 1.17 bits per heavy atom. The molecule has 2 rings (SSSR count). The Balaban J connectivity index is 2.20. The van der Waals surface area contributed by atoms with Gasteiger partial charge in [-0.3, -0.25) is 0 Å². The van der Waals surface area contributed by atoms with Crippen molar-refractivity contribution < 1.29 is 17.9 Å². The first-order valence-electron chi connectivity index (χ1n) is 7.96. The average molecular weight is 342 g/mol. The minimum absolute atomic E-state index is 0.120. The highest BCUT2D eigenvalue weighted by molar-refractivity contribution is 7.89. The Morgan fingerprint density at radius 2 is 1.74 bits per heavy atom. The number of sulfonamides is 1. The van der Waals surface area contributed by atoms with Crippen LogP contribution in [0.25, 0.3) is 0 Å². The summed E-state index contributed by atoms with van der Waals surface area (Å²) < 4.78 is 38.1. The van der Waals surface area contributed by atoms with Crippen molar-refractivity contribution in [2.45, 2.75) is 24.7 Å². The molecule has 1 N–H and O–H groups in total. The highest BCUT2D eigenvalue weighted by Gasteiger charge is 2.33. The molecule has 0 spiro atoms. The molecule has 0 radical (unpaired) electrons. The van der Waals surface area contributed by atoms with E-state index in [1.54, 1.807) is 18.2 Å². The molecule has 23 heavy (non-hydrogen) atoms. The summed E-state index contributed by atoms with van der Waals surface area (Å²) in [6, 6.07) is 5.01. The number of nitrogens with one attached hydrogen (secondary N) is 1. The standard InChI is InChI=1S/C16H26N2O4S/c1-4-17-12-13-8-10-18(11-9-13)23(19,20)16-14(21-2)6-5-7-15(16)22-3/h5-7,13,17H,4,8-12H2,1-3H3. The van der Waals surface area contributed by atoms with Gasteiger partial charge >= 0.3 is 0 Å². The molecule has 0 aliphatic carbocycles. The van der Waals surface area contributed by atoms with Crippen LogP contribution in [-0.4, -0.2) is 53.1 Å². The quantitative estimate of drug-likeness (QED) is 0.817. The number of piperidine rings is 1. The molecular weight excluding hydrogens is 316 g/mol. The predicted molar refractivity (Wildman–Crippen MR) is 89.6 cm³/mol. The monoisotopic (exact) mass is 342 g/mol. The summed E-state index contributed by atoms with van der Waals surface area (Å²) >= 11 is 0. The van der Waals surface area contributed by atoms with E-state index in [9.17, 15) is 8.42 Å². The van der Waals surface area contributed by atoms with Crippen LogP contribution >= 0.6 is 0 Å². The molecule has 7 heteroatoms. The lowest BCUT2D eigenvalue weighted by Gasteiger charge is -2.31. The van der Waals surface area contributed by atoms with E-state index in [0.29, 0.717) is 30.5 Å². The van der Waals surface area contributed by atoms with Crippen LogP contribution in [0.4, 0.5) is 0 Å². The fourth-order valence-corrected chi connectivity index (χ4v) is 4.66. The van der Waals surface area contributed by atoms with Gasteiger partial charge in [-0.15, -0.1) is 0 Å². The maximum Gasteiger partial charge on any atom is 0.250 e. The van der Waals surface area contributed by atoms with Gasteiger partial charge in [0.1, 0.15) is 11.5 Å². The van der Waals surface area contributed by atoms with Crippen LogP contribution in [-0.2, 0) is 10.0 Å². The molecule has 0 saturated carbocycles. The maximum absolute atomic E-state index is 13.0. The van der Waals surface area contributed by atoms with E-state index in [1.165, 1.54) is 18.5 Å². The number of hydrogen-bond donors (Lipinski definition) is 1. The SMILES string of the molecule is CCNCC1CCN(S(=O)(=O)c2c(OC)cccc2OC)CC1. The molecule has 1 saturated heterocycles. The molecule has 6 nitrogen and oxygen atoms in total. The summed E-state index contributed by atoms with van der Waals surface area (Å²) in [5, 5.41) is 3.33. The third-order valence-electron chi connectivity index (χ3n) is 4.24. The van der Waals surface area contributed by atoms with E-state index in [0.717, 1.165) is 25.9 Å². The number of hydrogen-bond acceptors (Lipinski definition) is 5. The van der Waals surface area contributed by atoms with Crippen LogP contribution in [0.5, 0.6) is 11.5 Å². The Hall–Kier alpha value is -1.31. The van der Waals surface area contributed by atoms with Crippen LogP contribution in [0, 0.1) is 5.92 Å². The van der Waals surface area contributed by atoms with Crippen LogP contribution in [0.1, 0.15) is 19.8 Å². The summed E-state index contributed by atoms with van der Waals surface area (Å²) in [7, 11) is -0.691. The minimum atomic E-state index is -3.63. The summed E-state index contributed by atoms with van der Waals surface area (Å²) in [5.41, 5.74) is 0. The number of methoxy groups -OCH3 is 2. The van der Waals surface area contributed by atoms with E-state index in [2.05, 4.69) is 12.2 Å². The zero-order valence-corrected chi connectivity index (χ0v) is 14.9. The first kappa shape index (κ1) is 18.0. The number of benzene rings is 1. The van der Waals surface area contributed by atoms with Crippen molar-refractivity contribution in [2.75, 3.05) is 40.4 Å². The molecule has 1 aliphatic rings. The highest BCUT2D eigenvalue weighted by Crippen LogP contribution is 2.36. The molecule has 0 unspecified atom stereocenters. The van der Waals surface area contributed by atoms with Gasteiger partial charge in [0, 0.05) is 13.1 Å². The number of ether oxygens (including phenoxy) is 2. The van der Waals surface area contributed by atoms with Crippen LogP contribution in [0.15, 0.2) is 23.1 Å². The molecule has 1 aromatic rings. The maximum atomic E-state index is 13.0. The van der Waals surface area contributed by atoms with Crippen molar-refractivity contribution in [1.29, 1.82) is 0 Å². The highest BCUT2D eigenvalue weighted by atomic mass is 32.2. The minimum Gasteiger partial charge on any atom is -0.495 e. The second kappa shape index (κ2) is 7.99. The molecule has 0 atom stereocenters. The Morgan fingerprint density at radius 3 is 2.22 bits per heavy atom. The van der Waals surface area contributed by atoms with Gasteiger partial charge in [-0.1, -0.05) is 13.0 Å². The van der Waals surface area contributed by atoms with Crippen molar-refractivity contribution in [3.05, 3.63) is 18.2 Å². The normalized spacial score (nSPS) is 17.2. The zero-order valence-electron chi connectivity index (χ0n) is 14.0. The molecule has 0 aromatic heterocycles.